The summed E-state index contributed by atoms with van der Waals surface area (Å²) in [6.45, 7) is 8.21. The molecule has 0 bridgehead atoms. The van der Waals surface area contributed by atoms with Gasteiger partial charge in [0.25, 0.3) is 0 Å². The Bertz CT molecular complexity index is 437. The standard InChI is InChI=1S/C17H25N/c1-12-4-5-16-14(10-12)15(11-18-16)13-6-8-17(2,3)9-7-13/h4-5,10,13,15,18H,6-9,11H2,1-3H3. The molecule has 1 aliphatic heterocycles. The van der Waals surface area contributed by atoms with Gasteiger partial charge in [-0.3, -0.25) is 0 Å². The molecule has 1 atom stereocenters. The second-order valence-electron chi connectivity index (χ2n) is 7.08. The minimum atomic E-state index is 0.581. The van der Waals surface area contributed by atoms with Crippen LogP contribution in [0.5, 0.6) is 0 Å². The Kier molecular flexibility index (Phi) is 2.88. The number of rotatable bonds is 1. The molecule has 0 saturated heterocycles. The maximum atomic E-state index is 3.60. The number of nitrogens with one attached hydrogen (secondary N) is 1. The summed E-state index contributed by atoms with van der Waals surface area (Å²) in [5, 5.41) is 3.60. The van der Waals surface area contributed by atoms with Crippen LogP contribution in [-0.4, -0.2) is 6.54 Å². The van der Waals surface area contributed by atoms with Crippen molar-refractivity contribution >= 4 is 5.69 Å². The van der Waals surface area contributed by atoms with E-state index in [0.29, 0.717) is 5.41 Å². The minimum Gasteiger partial charge on any atom is -0.384 e. The predicted octanol–water partition coefficient (Wildman–Crippen LogP) is 4.72. The topological polar surface area (TPSA) is 12.0 Å². The molecule has 1 nitrogen and oxygen atoms in total. The van der Waals surface area contributed by atoms with E-state index in [-0.39, 0.29) is 0 Å². The van der Waals surface area contributed by atoms with Gasteiger partial charge in [-0.05, 0) is 55.6 Å². The van der Waals surface area contributed by atoms with Crippen molar-refractivity contribution in [1.82, 2.24) is 0 Å². The summed E-state index contributed by atoms with van der Waals surface area (Å²) >= 11 is 0. The smallest absolute Gasteiger partial charge is 0.0376 e. The first-order valence-electron chi connectivity index (χ1n) is 7.40. The summed E-state index contributed by atoms with van der Waals surface area (Å²) in [7, 11) is 0. The lowest BCUT2D eigenvalue weighted by molar-refractivity contribution is 0.176. The first-order chi connectivity index (χ1) is 8.55. The molecule has 0 amide bonds. The van der Waals surface area contributed by atoms with Crippen molar-refractivity contribution in [3.05, 3.63) is 29.3 Å². The van der Waals surface area contributed by atoms with E-state index in [9.17, 15) is 0 Å². The lowest BCUT2D eigenvalue weighted by atomic mass is 9.68. The molecule has 1 unspecified atom stereocenters. The highest BCUT2D eigenvalue weighted by molar-refractivity contribution is 5.59. The second-order valence-corrected chi connectivity index (χ2v) is 7.08. The minimum absolute atomic E-state index is 0.581. The summed E-state index contributed by atoms with van der Waals surface area (Å²) in [6.07, 6.45) is 5.62. The largest absolute Gasteiger partial charge is 0.384 e. The number of hydrogen-bond donors (Lipinski definition) is 1. The van der Waals surface area contributed by atoms with Crippen LogP contribution in [0.3, 0.4) is 0 Å². The Balaban J connectivity index is 1.78. The van der Waals surface area contributed by atoms with Crippen molar-refractivity contribution < 1.29 is 0 Å². The first kappa shape index (κ1) is 12.1. The number of hydrogen-bond acceptors (Lipinski definition) is 1. The highest BCUT2D eigenvalue weighted by atomic mass is 14.9. The van der Waals surface area contributed by atoms with Crippen molar-refractivity contribution in [2.45, 2.75) is 52.4 Å². The van der Waals surface area contributed by atoms with Crippen LogP contribution in [0.4, 0.5) is 5.69 Å². The van der Waals surface area contributed by atoms with Crippen molar-refractivity contribution in [3.63, 3.8) is 0 Å². The third kappa shape index (κ3) is 2.15. The van der Waals surface area contributed by atoms with E-state index < -0.39 is 0 Å². The average Bonchev–Trinajstić information content (AvgIpc) is 2.72. The summed E-state index contributed by atoms with van der Waals surface area (Å²) in [4.78, 5) is 0. The highest BCUT2D eigenvalue weighted by Crippen LogP contribution is 2.46. The fourth-order valence-corrected chi connectivity index (χ4v) is 3.72. The van der Waals surface area contributed by atoms with Gasteiger partial charge in [0.15, 0.2) is 0 Å². The van der Waals surface area contributed by atoms with Gasteiger partial charge in [-0.2, -0.15) is 0 Å². The molecule has 1 aromatic rings. The number of fused-ring (bicyclic) bond motifs is 1. The second kappa shape index (κ2) is 4.29. The Morgan fingerprint density at radius 1 is 1.17 bits per heavy atom. The maximum Gasteiger partial charge on any atom is 0.0376 e. The van der Waals surface area contributed by atoms with Crippen molar-refractivity contribution in [1.29, 1.82) is 0 Å². The molecule has 3 rings (SSSR count). The van der Waals surface area contributed by atoms with E-state index >= 15 is 0 Å². The molecule has 0 spiro atoms. The zero-order chi connectivity index (χ0) is 12.8. The van der Waals surface area contributed by atoms with Crippen molar-refractivity contribution in [2.24, 2.45) is 11.3 Å². The normalized spacial score (nSPS) is 26.7. The first-order valence-corrected chi connectivity index (χ1v) is 7.40. The van der Waals surface area contributed by atoms with Crippen LogP contribution in [0, 0.1) is 18.3 Å². The molecular weight excluding hydrogens is 218 g/mol. The zero-order valence-corrected chi connectivity index (χ0v) is 11.9. The number of anilines is 1. The fraction of sp³-hybridized carbons (Fsp3) is 0.647. The van der Waals surface area contributed by atoms with Gasteiger partial charge >= 0.3 is 0 Å². The Morgan fingerprint density at radius 2 is 1.89 bits per heavy atom. The van der Waals surface area contributed by atoms with Crippen LogP contribution in [0.15, 0.2) is 18.2 Å². The van der Waals surface area contributed by atoms with Gasteiger partial charge in [-0.15, -0.1) is 0 Å². The van der Waals surface area contributed by atoms with Crippen LogP contribution in [-0.2, 0) is 0 Å². The number of aryl methyl sites for hydroxylation is 1. The van der Waals surface area contributed by atoms with Gasteiger partial charge in [-0.1, -0.05) is 31.5 Å². The monoisotopic (exact) mass is 243 g/mol. The molecule has 1 aromatic carbocycles. The van der Waals surface area contributed by atoms with E-state index in [4.69, 9.17) is 0 Å². The molecule has 2 aliphatic rings. The van der Waals surface area contributed by atoms with Gasteiger partial charge in [-0.25, -0.2) is 0 Å². The Labute approximate surface area is 111 Å². The van der Waals surface area contributed by atoms with E-state index in [0.717, 1.165) is 18.4 Å². The third-order valence-electron chi connectivity index (χ3n) is 5.07. The van der Waals surface area contributed by atoms with E-state index in [1.165, 1.54) is 36.9 Å². The quantitative estimate of drug-likeness (QED) is 0.752. The zero-order valence-electron chi connectivity index (χ0n) is 11.9. The Morgan fingerprint density at radius 3 is 2.61 bits per heavy atom. The van der Waals surface area contributed by atoms with Crippen LogP contribution in [0.1, 0.15) is 56.6 Å². The van der Waals surface area contributed by atoms with Gasteiger partial charge in [0.05, 0.1) is 0 Å². The highest BCUT2D eigenvalue weighted by Gasteiger charge is 2.34. The van der Waals surface area contributed by atoms with Gasteiger partial charge in [0.2, 0.25) is 0 Å². The molecule has 0 aromatic heterocycles. The van der Waals surface area contributed by atoms with Gasteiger partial charge in [0, 0.05) is 18.2 Å². The molecule has 98 valence electrons. The van der Waals surface area contributed by atoms with Crippen LogP contribution in [0.25, 0.3) is 0 Å². The SMILES string of the molecule is Cc1ccc2c(c1)C(C1CCC(C)(C)CC1)CN2. The van der Waals surface area contributed by atoms with Crippen molar-refractivity contribution in [2.75, 3.05) is 11.9 Å². The number of benzene rings is 1. The predicted molar refractivity (Wildman–Crippen MR) is 78.1 cm³/mol. The molecule has 0 radical (unpaired) electrons. The van der Waals surface area contributed by atoms with Crippen molar-refractivity contribution in [3.8, 4) is 0 Å². The van der Waals surface area contributed by atoms with E-state index in [1.807, 2.05) is 0 Å². The van der Waals surface area contributed by atoms with E-state index in [1.54, 1.807) is 5.56 Å². The molecular formula is C17H25N. The third-order valence-corrected chi connectivity index (χ3v) is 5.07. The average molecular weight is 243 g/mol. The van der Waals surface area contributed by atoms with Crippen LogP contribution < -0.4 is 5.32 Å². The lowest BCUT2D eigenvalue weighted by Crippen LogP contribution is -2.26. The van der Waals surface area contributed by atoms with E-state index in [2.05, 4.69) is 44.3 Å². The fourth-order valence-electron chi connectivity index (χ4n) is 3.72. The summed E-state index contributed by atoms with van der Waals surface area (Å²) in [6, 6.07) is 6.88. The molecule has 18 heavy (non-hydrogen) atoms. The van der Waals surface area contributed by atoms with Crippen LogP contribution in [0.2, 0.25) is 0 Å². The van der Waals surface area contributed by atoms with Gasteiger partial charge in [0.1, 0.15) is 0 Å². The summed E-state index contributed by atoms with van der Waals surface area (Å²) in [5.41, 5.74) is 4.95. The molecule has 1 heteroatoms. The molecule has 1 saturated carbocycles. The summed E-state index contributed by atoms with van der Waals surface area (Å²) < 4.78 is 0. The molecule has 1 heterocycles. The molecule has 1 N–H and O–H groups in total. The molecule has 1 fully saturated rings. The summed E-state index contributed by atoms with van der Waals surface area (Å²) in [5.74, 6) is 1.66. The van der Waals surface area contributed by atoms with Crippen LogP contribution >= 0.6 is 0 Å². The van der Waals surface area contributed by atoms with Gasteiger partial charge < -0.3 is 5.32 Å². The molecule has 1 aliphatic carbocycles. The lowest BCUT2D eigenvalue weighted by Gasteiger charge is -2.37. The Hall–Kier alpha value is -0.980. The maximum absolute atomic E-state index is 3.60.